The van der Waals surface area contributed by atoms with Crippen LogP contribution in [0, 0.1) is 18.3 Å². The molecule has 0 amide bonds. The van der Waals surface area contributed by atoms with Crippen molar-refractivity contribution in [2.24, 2.45) is 0 Å². The number of nitrogens with zero attached hydrogens (tertiary/aromatic N) is 3. The average molecular weight is 237 g/mol. The fraction of sp³-hybridized carbons (Fsp3) is 0.200. The maximum Gasteiger partial charge on any atom is 0.134 e. The number of nitriles is 1. The summed E-state index contributed by atoms with van der Waals surface area (Å²) in [5, 5.41) is 8.93. The number of pyridine rings is 1. The third kappa shape index (κ3) is 2.49. The van der Waals surface area contributed by atoms with Gasteiger partial charge in [0.1, 0.15) is 5.82 Å². The fourth-order valence-corrected chi connectivity index (χ4v) is 1.84. The van der Waals surface area contributed by atoms with Gasteiger partial charge < -0.3 is 4.90 Å². The molecule has 0 atom stereocenters. The van der Waals surface area contributed by atoms with Gasteiger partial charge in [0.05, 0.1) is 11.6 Å². The van der Waals surface area contributed by atoms with Gasteiger partial charge in [0.15, 0.2) is 0 Å². The summed E-state index contributed by atoms with van der Waals surface area (Å²) in [5.41, 5.74) is 2.95. The summed E-state index contributed by atoms with van der Waals surface area (Å²) >= 11 is 0. The van der Waals surface area contributed by atoms with Crippen LogP contribution in [0.2, 0.25) is 0 Å². The van der Waals surface area contributed by atoms with E-state index < -0.39 is 0 Å². The highest BCUT2D eigenvalue weighted by Crippen LogP contribution is 2.23. The Morgan fingerprint density at radius 2 is 1.94 bits per heavy atom. The Kier molecular flexibility index (Phi) is 3.59. The van der Waals surface area contributed by atoms with Gasteiger partial charge in [-0.15, -0.1) is 0 Å². The van der Waals surface area contributed by atoms with Gasteiger partial charge in [0.25, 0.3) is 0 Å². The third-order valence-electron chi connectivity index (χ3n) is 2.81. The van der Waals surface area contributed by atoms with Crippen molar-refractivity contribution in [1.82, 2.24) is 4.98 Å². The zero-order chi connectivity index (χ0) is 13.0. The Hall–Kier alpha value is -2.34. The van der Waals surface area contributed by atoms with E-state index in [1.54, 1.807) is 12.3 Å². The van der Waals surface area contributed by atoms with Gasteiger partial charge in [0.2, 0.25) is 0 Å². The zero-order valence-electron chi connectivity index (χ0n) is 10.6. The average Bonchev–Trinajstić information content (AvgIpc) is 2.42. The lowest BCUT2D eigenvalue weighted by Gasteiger charge is -2.22. The molecule has 0 aliphatic carbocycles. The smallest absolute Gasteiger partial charge is 0.134 e. The minimum atomic E-state index is 0.630. The number of aromatic nitrogens is 1. The second-order valence-corrected chi connectivity index (χ2v) is 4.09. The summed E-state index contributed by atoms with van der Waals surface area (Å²) in [6, 6.07) is 14.0. The van der Waals surface area contributed by atoms with Crippen molar-refractivity contribution >= 4 is 11.5 Å². The SMILES string of the molecule is CCN(c1ccc(C)cc1)c1cc(C#N)ccn1. The first-order valence-corrected chi connectivity index (χ1v) is 5.95. The van der Waals surface area contributed by atoms with Gasteiger partial charge in [-0.25, -0.2) is 4.98 Å². The maximum atomic E-state index is 8.93. The number of anilines is 2. The minimum absolute atomic E-state index is 0.630. The minimum Gasteiger partial charge on any atom is -0.327 e. The molecule has 0 aliphatic rings. The summed E-state index contributed by atoms with van der Waals surface area (Å²) < 4.78 is 0. The van der Waals surface area contributed by atoms with Crippen LogP contribution in [-0.2, 0) is 0 Å². The van der Waals surface area contributed by atoms with Crippen LogP contribution in [0.5, 0.6) is 0 Å². The first-order chi connectivity index (χ1) is 8.74. The molecule has 18 heavy (non-hydrogen) atoms. The molecule has 3 nitrogen and oxygen atoms in total. The van der Waals surface area contributed by atoms with E-state index in [9.17, 15) is 0 Å². The summed E-state index contributed by atoms with van der Waals surface area (Å²) in [7, 11) is 0. The van der Waals surface area contributed by atoms with E-state index in [0.717, 1.165) is 18.1 Å². The number of benzene rings is 1. The molecular formula is C15H15N3. The van der Waals surface area contributed by atoms with Crippen LogP contribution in [0.25, 0.3) is 0 Å². The highest BCUT2D eigenvalue weighted by atomic mass is 15.2. The standard InChI is InChI=1S/C15H15N3/c1-3-18(14-6-4-12(2)5-7-14)15-10-13(11-16)8-9-17-15/h4-10H,3H2,1-2H3. The highest BCUT2D eigenvalue weighted by molar-refractivity contribution is 5.61. The van der Waals surface area contributed by atoms with E-state index in [4.69, 9.17) is 5.26 Å². The van der Waals surface area contributed by atoms with Crippen LogP contribution in [-0.4, -0.2) is 11.5 Å². The first kappa shape index (κ1) is 12.1. The monoisotopic (exact) mass is 237 g/mol. The molecule has 2 rings (SSSR count). The summed E-state index contributed by atoms with van der Waals surface area (Å²) in [5.74, 6) is 0.806. The van der Waals surface area contributed by atoms with Crippen molar-refractivity contribution in [1.29, 1.82) is 5.26 Å². The van der Waals surface area contributed by atoms with Crippen molar-refractivity contribution in [2.45, 2.75) is 13.8 Å². The summed E-state index contributed by atoms with van der Waals surface area (Å²) in [6.07, 6.45) is 1.67. The number of aryl methyl sites for hydroxylation is 1. The van der Waals surface area contributed by atoms with Gasteiger partial charge in [-0.2, -0.15) is 5.26 Å². The molecule has 90 valence electrons. The zero-order valence-corrected chi connectivity index (χ0v) is 10.6. The van der Waals surface area contributed by atoms with E-state index in [1.165, 1.54) is 5.56 Å². The molecule has 0 saturated heterocycles. The molecular weight excluding hydrogens is 222 g/mol. The largest absolute Gasteiger partial charge is 0.327 e. The molecule has 1 aromatic heterocycles. The van der Waals surface area contributed by atoms with E-state index in [0.29, 0.717) is 5.56 Å². The lowest BCUT2D eigenvalue weighted by molar-refractivity contribution is 0.988. The third-order valence-corrected chi connectivity index (χ3v) is 2.81. The highest BCUT2D eigenvalue weighted by Gasteiger charge is 2.08. The van der Waals surface area contributed by atoms with Crippen molar-refractivity contribution in [2.75, 3.05) is 11.4 Å². The van der Waals surface area contributed by atoms with Gasteiger partial charge in [-0.3, -0.25) is 0 Å². The molecule has 2 aromatic rings. The van der Waals surface area contributed by atoms with E-state index in [1.807, 2.05) is 6.07 Å². The second-order valence-electron chi connectivity index (χ2n) is 4.09. The van der Waals surface area contributed by atoms with Gasteiger partial charge in [-0.1, -0.05) is 17.7 Å². The molecule has 0 spiro atoms. The van der Waals surface area contributed by atoms with Crippen molar-refractivity contribution in [3.8, 4) is 6.07 Å². The van der Waals surface area contributed by atoms with Crippen molar-refractivity contribution in [3.05, 3.63) is 53.7 Å². The summed E-state index contributed by atoms with van der Waals surface area (Å²) in [6.45, 7) is 4.94. The maximum absolute atomic E-state index is 8.93. The Morgan fingerprint density at radius 1 is 1.22 bits per heavy atom. The van der Waals surface area contributed by atoms with Crippen LogP contribution < -0.4 is 4.90 Å². The lowest BCUT2D eigenvalue weighted by atomic mass is 10.2. The Bertz CT molecular complexity index is 567. The first-order valence-electron chi connectivity index (χ1n) is 5.95. The number of hydrogen-bond donors (Lipinski definition) is 0. The molecule has 1 heterocycles. The Morgan fingerprint density at radius 3 is 2.56 bits per heavy atom. The molecule has 3 heteroatoms. The molecule has 0 bridgehead atoms. The van der Waals surface area contributed by atoms with Gasteiger partial charge in [0, 0.05) is 18.4 Å². The fourth-order valence-electron chi connectivity index (χ4n) is 1.84. The molecule has 0 N–H and O–H groups in total. The van der Waals surface area contributed by atoms with Crippen LogP contribution in [0.4, 0.5) is 11.5 Å². The molecule has 1 aromatic carbocycles. The Balaban J connectivity index is 2.39. The van der Waals surface area contributed by atoms with Crippen LogP contribution in [0.3, 0.4) is 0 Å². The number of hydrogen-bond acceptors (Lipinski definition) is 3. The summed E-state index contributed by atoms with van der Waals surface area (Å²) in [4.78, 5) is 6.42. The van der Waals surface area contributed by atoms with E-state index in [-0.39, 0.29) is 0 Å². The predicted octanol–water partition coefficient (Wildman–Crippen LogP) is 3.42. The molecule has 0 radical (unpaired) electrons. The molecule has 0 aliphatic heterocycles. The second kappa shape index (κ2) is 5.33. The molecule has 0 fully saturated rings. The van der Waals surface area contributed by atoms with Crippen LogP contribution in [0.1, 0.15) is 18.1 Å². The lowest BCUT2D eigenvalue weighted by Crippen LogP contribution is -2.17. The number of rotatable bonds is 3. The van der Waals surface area contributed by atoms with Crippen LogP contribution in [0.15, 0.2) is 42.6 Å². The predicted molar refractivity (Wildman–Crippen MR) is 72.8 cm³/mol. The molecule has 0 unspecified atom stereocenters. The van der Waals surface area contributed by atoms with E-state index in [2.05, 4.69) is 54.1 Å². The topological polar surface area (TPSA) is 39.9 Å². The molecule has 0 saturated carbocycles. The Labute approximate surface area is 107 Å². The van der Waals surface area contributed by atoms with Gasteiger partial charge in [-0.05, 0) is 38.1 Å². The van der Waals surface area contributed by atoms with Crippen LogP contribution >= 0.6 is 0 Å². The van der Waals surface area contributed by atoms with Crippen molar-refractivity contribution < 1.29 is 0 Å². The van der Waals surface area contributed by atoms with Crippen molar-refractivity contribution in [3.63, 3.8) is 0 Å². The van der Waals surface area contributed by atoms with E-state index >= 15 is 0 Å². The van der Waals surface area contributed by atoms with Gasteiger partial charge >= 0.3 is 0 Å². The quantitative estimate of drug-likeness (QED) is 0.821. The normalized spacial score (nSPS) is 9.83.